The maximum Gasteiger partial charge on any atom is 0.335 e. The molecule has 2 N–H and O–H groups in total. The smallest absolute Gasteiger partial charge is 0.335 e. The third-order valence-electron chi connectivity index (χ3n) is 8.89. The fourth-order valence-electron chi connectivity index (χ4n) is 7.32. The Hall–Kier alpha value is -3.46. The van der Waals surface area contributed by atoms with Gasteiger partial charge in [-0.2, -0.15) is 0 Å². The van der Waals surface area contributed by atoms with E-state index in [0.717, 1.165) is 5.56 Å². The molecule has 3 aromatic carbocycles. The Bertz CT molecular complexity index is 1640. The predicted octanol–water partition coefficient (Wildman–Crippen LogP) is 6.54. The second kappa shape index (κ2) is 10.6. The van der Waals surface area contributed by atoms with Gasteiger partial charge in [-0.25, -0.2) is 9.18 Å². The van der Waals surface area contributed by atoms with E-state index in [1.165, 1.54) is 18.2 Å². The summed E-state index contributed by atoms with van der Waals surface area (Å²) in [6.07, 6.45) is 0.566. The first-order valence-corrected chi connectivity index (χ1v) is 15.0. The van der Waals surface area contributed by atoms with Crippen molar-refractivity contribution >= 4 is 46.7 Å². The number of anilines is 1. The van der Waals surface area contributed by atoms with Gasteiger partial charge in [-0.3, -0.25) is 14.5 Å². The summed E-state index contributed by atoms with van der Waals surface area (Å²) in [6, 6.07) is 16.0. The first kappa shape index (κ1) is 29.6. The topological polar surface area (TPSA) is 90.0 Å². The minimum Gasteiger partial charge on any atom is -0.478 e. The molecule has 2 fully saturated rings. The van der Waals surface area contributed by atoms with Crippen LogP contribution in [0.15, 0.2) is 60.7 Å². The molecule has 0 aromatic heterocycles. The number of carbonyl (C=O) groups is 3. The van der Waals surface area contributed by atoms with Crippen molar-refractivity contribution in [2.75, 3.05) is 18.4 Å². The molecule has 1 spiro atoms. The highest BCUT2D eigenvalue weighted by atomic mass is 35.5. The van der Waals surface area contributed by atoms with Crippen molar-refractivity contribution in [3.63, 3.8) is 0 Å². The van der Waals surface area contributed by atoms with Crippen LogP contribution < -0.4 is 5.32 Å². The number of aromatic carboxylic acids is 1. The van der Waals surface area contributed by atoms with E-state index < -0.39 is 29.2 Å². The summed E-state index contributed by atoms with van der Waals surface area (Å²) in [7, 11) is 0. The van der Waals surface area contributed by atoms with Crippen molar-refractivity contribution in [2.24, 2.45) is 11.3 Å². The zero-order valence-electron chi connectivity index (χ0n) is 24.0. The van der Waals surface area contributed by atoms with Crippen molar-refractivity contribution < 1.29 is 23.9 Å². The largest absolute Gasteiger partial charge is 0.478 e. The lowest BCUT2D eigenvalue weighted by Crippen LogP contribution is -2.55. The summed E-state index contributed by atoms with van der Waals surface area (Å²) < 4.78 is 16.1. The second-order valence-electron chi connectivity index (χ2n) is 12.9. The Kier molecular flexibility index (Phi) is 7.31. The summed E-state index contributed by atoms with van der Waals surface area (Å²) in [5.74, 6) is -3.82. The molecule has 0 bridgehead atoms. The van der Waals surface area contributed by atoms with Crippen molar-refractivity contribution in [2.45, 2.75) is 51.2 Å². The molecule has 0 radical (unpaired) electrons. The zero-order chi connectivity index (χ0) is 30.8. The summed E-state index contributed by atoms with van der Waals surface area (Å²) in [6.45, 7) is 7.41. The first-order valence-electron chi connectivity index (χ1n) is 14.3. The van der Waals surface area contributed by atoms with Gasteiger partial charge in [0.05, 0.1) is 16.5 Å². The van der Waals surface area contributed by atoms with Gasteiger partial charge in [0.25, 0.3) is 0 Å². The minimum atomic E-state index is -1.39. The highest BCUT2D eigenvalue weighted by molar-refractivity contribution is 6.31. The van der Waals surface area contributed by atoms with E-state index in [0.29, 0.717) is 35.8 Å². The number of hydrogen-bond acceptors (Lipinski definition) is 4. The third-order valence-corrected chi connectivity index (χ3v) is 9.42. The van der Waals surface area contributed by atoms with Gasteiger partial charge in [-0.1, -0.05) is 74.3 Å². The molecule has 0 aliphatic carbocycles. The molecule has 7 nitrogen and oxygen atoms in total. The Morgan fingerprint density at radius 1 is 1.09 bits per heavy atom. The van der Waals surface area contributed by atoms with Gasteiger partial charge in [-0.05, 0) is 53.3 Å². The number of rotatable bonds is 5. The van der Waals surface area contributed by atoms with Gasteiger partial charge >= 0.3 is 5.97 Å². The Morgan fingerprint density at radius 3 is 2.49 bits per heavy atom. The average Bonchev–Trinajstić information content (AvgIpc) is 3.38. The highest BCUT2D eigenvalue weighted by Gasteiger charge is 2.69. The lowest BCUT2D eigenvalue weighted by molar-refractivity contribution is -0.141. The number of carboxylic acid groups (broad SMARTS) is 1. The van der Waals surface area contributed by atoms with E-state index in [-0.39, 0.29) is 46.0 Å². The van der Waals surface area contributed by atoms with E-state index in [1.54, 1.807) is 41.3 Å². The molecule has 10 heteroatoms. The number of hydrogen-bond donors (Lipinski definition) is 2. The number of carboxylic acids is 1. The van der Waals surface area contributed by atoms with Crippen LogP contribution in [0, 0.1) is 17.2 Å². The number of fused-ring (bicyclic) bond motifs is 3. The molecule has 0 unspecified atom stereocenters. The van der Waals surface area contributed by atoms with Gasteiger partial charge in [-0.15, -0.1) is 0 Å². The average molecular weight is 625 g/mol. The quantitative estimate of drug-likeness (QED) is 0.337. The molecule has 3 aliphatic heterocycles. The van der Waals surface area contributed by atoms with Crippen LogP contribution in [-0.4, -0.2) is 51.8 Å². The van der Waals surface area contributed by atoms with Crippen LogP contribution in [0.5, 0.6) is 0 Å². The molecule has 3 aromatic rings. The lowest BCUT2D eigenvalue weighted by atomic mass is 9.70. The van der Waals surface area contributed by atoms with Crippen molar-refractivity contribution in [1.29, 1.82) is 0 Å². The summed E-state index contributed by atoms with van der Waals surface area (Å²) >= 11 is 12.7. The zero-order valence-corrected chi connectivity index (χ0v) is 25.5. The molecule has 0 saturated carbocycles. The summed E-state index contributed by atoms with van der Waals surface area (Å²) in [4.78, 5) is 44.2. The second-order valence-corrected chi connectivity index (χ2v) is 13.7. The molecule has 2 saturated heterocycles. The molecule has 3 heterocycles. The van der Waals surface area contributed by atoms with Crippen LogP contribution >= 0.6 is 23.2 Å². The molecule has 2 amide bonds. The van der Waals surface area contributed by atoms with Crippen molar-refractivity contribution in [1.82, 2.24) is 9.80 Å². The third kappa shape index (κ3) is 4.80. The van der Waals surface area contributed by atoms with Gasteiger partial charge < -0.3 is 15.3 Å². The SMILES string of the molecule is CC(C)(C)CN1[C@H]2CCN(Cc3ccc(C(=O)O)cc3)C(=O)[C@H]2[C@H](c2cccc(Cl)c2F)[C@]12C(=O)Nc1cc(Cl)ccc12. The molecular weight excluding hydrogens is 592 g/mol. The number of piperidine rings is 1. The Morgan fingerprint density at radius 2 is 1.81 bits per heavy atom. The van der Waals surface area contributed by atoms with E-state index in [1.807, 2.05) is 6.07 Å². The molecule has 43 heavy (non-hydrogen) atoms. The fraction of sp³-hybridized carbons (Fsp3) is 0.364. The van der Waals surface area contributed by atoms with Crippen LogP contribution in [0.2, 0.25) is 10.0 Å². The number of benzene rings is 3. The van der Waals surface area contributed by atoms with Crippen molar-refractivity contribution in [3.05, 3.63) is 98.8 Å². The van der Waals surface area contributed by atoms with Crippen LogP contribution in [0.3, 0.4) is 0 Å². The van der Waals surface area contributed by atoms with Gasteiger partial charge in [0.15, 0.2) is 0 Å². The maximum atomic E-state index is 16.1. The number of nitrogens with zero attached hydrogens (tertiary/aromatic N) is 2. The van der Waals surface area contributed by atoms with Gasteiger partial charge in [0.2, 0.25) is 11.8 Å². The van der Waals surface area contributed by atoms with Crippen LogP contribution in [0.4, 0.5) is 10.1 Å². The van der Waals surface area contributed by atoms with Gasteiger partial charge in [0, 0.05) is 47.9 Å². The van der Waals surface area contributed by atoms with Crippen LogP contribution in [-0.2, 0) is 21.7 Å². The standard InChI is InChI=1S/C33H32Cl2FN3O4/c1-32(2,3)17-39-25-13-14-38(16-18-7-9-19(10-8-18)30(41)42)29(40)26(25)27(21-5-4-6-23(35)28(21)36)33(39)22-12-11-20(34)15-24(22)37-31(33)43/h4-12,15,25-27H,13-14,16-17H2,1-3H3,(H,37,43)(H,41,42)/t25-,26+,27-,33+/m0/s1. The van der Waals surface area contributed by atoms with Crippen molar-refractivity contribution in [3.8, 4) is 0 Å². The minimum absolute atomic E-state index is 0.0770. The summed E-state index contributed by atoms with van der Waals surface area (Å²) in [5, 5.41) is 12.7. The van der Waals surface area contributed by atoms with Gasteiger partial charge in [0.1, 0.15) is 11.4 Å². The maximum absolute atomic E-state index is 16.1. The summed E-state index contributed by atoms with van der Waals surface area (Å²) in [5.41, 5.74) is 0.715. The monoisotopic (exact) mass is 623 g/mol. The molecule has 6 rings (SSSR count). The number of amides is 2. The number of carbonyl (C=O) groups excluding carboxylic acids is 2. The number of halogens is 3. The highest BCUT2D eigenvalue weighted by Crippen LogP contribution is 2.62. The Labute approximate surface area is 259 Å². The van der Waals surface area contributed by atoms with E-state index in [4.69, 9.17) is 23.2 Å². The van der Waals surface area contributed by atoms with Crippen LogP contribution in [0.25, 0.3) is 0 Å². The Balaban J connectivity index is 1.53. The molecular formula is C33H32Cl2FN3O4. The first-order chi connectivity index (χ1) is 20.3. The molecule has 4 atom stereocenters. The predicted molar refractivity (Wildman–Crippen MR) is 163 cm³/mol. The normalized spacial score (nSPS) is 25.2. The van der Waals surface area contributed by atoms with E-state index in [9.17, 15) is 19.5 Å². The van der Waals surface area contributed by atoms with E-state index >= 15 is 4.39 Å². The number of nitrogens with one attached hydrogen (secondary N) is 1. The lowest BCUT2D eigenvalue weighted by Gasteiger charge is -2.43. The fourth-order valence-corrected chi connectivity index (χ4v) is 7.67. The molecule has 3 aliphatic rings. The van der Waals surface area contributed by atoms with Crippen LogP contribution in [0.1, 0.15) is 60.2 Å². The molecule has 224 valence electrons. The van der Waals surface area contributed by atoms with E-state index in [2.05, 4.69) is 31.0 Å². The number of likely N-dealkylation sites (tertiary alicyclic amines) is 2.